The van der Waals surface area contributed by atoms with Gasteiger partial charge in [-0.2, -0.15) is 0 Å². The molecule has 0 aliphatic rings. The number of carbonyl (C=O) groups is 2. The summed E-state index contributed by atoms with van der Waals surface area (Å²) in [6.45, 7) is 15.6. The summed E-state index contributed by atoms with van der Waals surface area (Å²) in [6.07, 6.45) is 0. The fourth-order valence-electron chi connectivity index (χ4n) is 4.37. The van der Waals surface area contributed by atoms with Crippen LogP contribution in [0.5, 0.6) is 0 Å². The van der Waals surface area contributed by atoms with Crippen LogP contribution < -0.4 is 10.6 Å². The van der Waals surface area contributed by atoms with E-state index in [-0.39, 0.29) is 11.8 Å². The molecule has 3 aromatic rings. The van der Waals surface area contributed by atoms with E-state index in [2.05, 4.69) is 10.6 Å². The number of para-hydroxylation sites is 2. The Labute approximate surface area is 191 Å². The minimum Gasteiger partial charge on any atom is -0.321 e. The molecule has 3 rings (SSSR count). The van der Waals surface area contributed by atoms with Crippen LogP contribution in [0, 0.1) is 55.4 Å². The van der Waals surface area contributed by atoms with Crippen LogP contribution in [0.2, 0.25) is 0 Å². The van der Waals surface area contributed by atoms with Crippen molar-refractivity contribution in [2.45, 2.75) is 55.4 Å². The molecule has 4 nitrogen and oxygen atoms in total. The normalized spacial score (nSPS) is 10.8. The van der Waals surface area contributed by atoms with Gasteiger partial charge in [-0.3, -0.25) is 9.59 Å². The van der Waals surface area contributed by atoms with Crippen molar-refractivity contribution in [1.82, 2.24) is 0 Å². The van der Waals surface area contributed by atoms with E-state index in [0.717, 1.165) is 55.9 Å². The van der Waals surface area contributed by atoms with Crippen LogP contribution in [0.3, 0.4) is 0 Å². The first-order valence-corrected chi connectivity index (χ1v) is 10.9. The second kappa shape index (κ2) is 8.99. The fourth-order valence-corrected chi connectivity index (χ4v) is 4.37. The highest BCUT2D eigenvalue weighted by molar-refractivity contribution is 6.11. The molecule has 0 heterocycles. The first-order valence-electron chi connectivity index (χ1n) is 10.9. The zero-order valence-corrected chi connectivity index (χ0v) is 20.3. The summed E-state index contributed by atoms with van der Waals surface area (Å²) < 4.78 is 0. The van der Waals surface area contributed by atoms with E-state index in [1.807, 2.05) is 91.8 Å². The molecule has 0 atom stereocenters. The van der Waals surface area contributed by atoms with E-state index in [9.17, 15) is 9.59 Å². The maximum Gasteiger partial charge on any atom is 0.256 e. The average molecular weight is 429 g/mol. The molecule has 0 saturated carbocycles. The molecular formula is C28H32N2O2. The van der Waals surface area contributed by atoms with Crippen molar-refractivity contribution in [3.8, 4) is 0 Å². The zero-order valence-electron chi connectivity index (χ0n) is 20.3. The molecule has 4 heteroatoms. The van der Waals surface area contributed by atoms with Crippen molar-refractivity contribution in [3.05, 3.63) is 92.0 Å². The molecule has 32 heavy (non-hydrogen) atoms. The summed E-state index contributed by atoms with van der Waals surface area (Å²) in [5, 5.41) is 6.19. The average Bonchev–Trinajstić information content (AvgIpc) is 2.72. The third-order valence-corrected chi connectivity index (χ3v) is 6.52. The van der Waals surface area contributed by atoms with Crippen LogP contribution in [-0.2, 0) is 0 Å². The van der Waals surface area contributed by atoms with Crippen LogP contribution in [0.15, 0.2) is 36.4 Å². The maximum absolute atomic E-state index is 13.3. The van der Waals surface area contributed by atoms with Gasteiger partial charge in [0.25, 0.3) is 11.8 Å². The van der Waals surface area contributed by atoms with Crippen LogP contribution in [0.25, 0.3) is 0 Å². The van der Waals surface area contributed by atoms with Crippen LogP contribution in [0.4, 0.5) is 11.4 Å². The van der Waals surface area contributed by atoms with Crippen molar-refractivity contribution >= 4 is 23.2 Å². The van der Waals surface area contributed by atoms with E-state index in [4.69, 9.17) is 0 Å². The monoisotopic (exact) mass is 428 g/mol. The largest absolute Gasteiger partial charge is 0.321 e. The molecule has 0 aliphatic carbocycles. The van der Waals surface area contributed by atoms with Crippen molar-refractivity contribution < 1.29 is 9.59 Å². The van der Waals surface area contributed by atoms with Crippen LogP contribution in [-0.4, -0.2) is 11.8 Å². The Morgan fingerprint density at radius 2 is 0.750 bits per heavy atom. The number of benzene rings is 3. The van der Waals surface area contributed by atoms with Gasteiger partial charge in [-0.1, -0.05) is 36.4 Å². The number of carbonyl (C=O) groups excluding carboxylic acids is 2. The molecular weight excluding hydrogens is 396 g/mol. The lowest BCUT2D eigenvalue weighted by Gasteiger charge is -2.21. The van der Waals surface area contributed by atoms with E-state index >= 15 is 0 Å². The summed E-state index contributed by atoms with van der Waals surface area (Å²) in [4.78, 5) is 26.6. The van der Waals surface area contributed by atoms with Gasteiger partial charge in [-0.15, -0.1) is 0 Å². The second-order valence-electron chi connectivity index (χ2n) is 8.69. The quantitative estimate of drug-likeness (QED) is 0.488. The van der Waals surface area contributed by atoms with Gasteiger partial charge in [0.05, 0.1) is 0 Å². The van der Waals surface area contributed by atoms with E-state index < -0.39 is 0 Å². The van der Waals surface area contributed by atoms with Gasteiger partial charge < -0.3 is 10.6 Å². The van der Waals surface area contributed by atoms with Gasteiger partial charge in [0.2, 0.25) is 0 Å². The highest BCUT2D eigenvalue weighted by Gasteiger charge is 2.24. The predicted molar refractivity (Wildman–Crippen MR) is 133 cm³/mol. The number of aryl methyl sites for hydroxylation is 4. The molecule has 0 unspecified atom stereocenters. The van der Waals surface area contributed by atoms with Crippen LogP contribution >= 0.6 is 0 Å². The number of amides is 2. The minimum absolute atomic E-state index is 0.148. The lowest BCUT2D eigenvalue weighted by molar-refractivity contribution is 0.101. The molecule has 0 bridgehead atoms. The summed E-state index contributed by atoms with van der Waals surface area (Å²) in [5.74, 6) is -0.296. The Morgan fingerprint density at radius 1 is 0.500 bits per heavy atom. The summed E-state index contributed by atoms with van der Waals surface area (Å²) in [7, 11) is 0. The van der Waals surface area contributed by atoms with Gasteiger partial charge >= 0.3 is 0 Å². The fraction of sp³-hybridized carbons (Fsp3) is 0.286. The minimum atomic E-state index is -0.148. The summed E-state index contributed by atoms with van der Waals surface area (Å²) in [6, 6.07) is 11.9. The first kappa shape index (κ1) is 23.3. The standard InChI is InChI=1S/C28H32N2O2/c1-15-11-9-12-16(2)25(15)29-27(31)23-19(5)21(7)24(22(8)20(23)6)28(32)30-26-17(3)13-10-14-18(26)4/h9-14H,1-8H3,(H,29,31)(H,30,32). The van der Waals surface area contributed by atoms with Gasteiger partial charge in [-0.25, -0.2) is 0 Å². The Morgan fingerprint density at radius 3 is 1.00 bits per heavy atom. The summed E-state index contributed by atoms with van der Waals surface area (Å²) >= 11 is 0. The number of rotatable bonds is 4. The van der Waals surface area contributed by atoms with Gasteiger partial charge in [0.15, 0.2) is 0 Å². The molecule has 3 aromatic carbocycles. The van der Waals surface area contributed by atoms with Crippen molar-refractivity contribution in [2.75, 3.05) is 10.6 Å². The van der Waals surface area contributed by atoms with Crippen molar-refractivity contribution in [3.63, 3.8) is 0 Å². The molecule has 166 valence electrons. The molecule has 2 amide bonds. The highest BCUT2D eigenvalue weighted by atomic mass is 16.2. The maximum atomic E-state index is 13.3. The molecule has 2 N–H and O–H groups in total. The van der Waals surface area contributed by atoms with E-state index in [1.54, 1.807) is 0 Å². The number of hydrogen-bond donors (Lipinski definition) is 2. The Hall–Kier alpha value is -3.40. The van der Waals surface area contributed by atoms with Crippen molar-refractivity contribution in [2.24, 2.45) is 0 Å². The van der Waals surface area contributed by atoms with Crippen LogP contribution in [0.1, 0.15) is 65.2 Å². The van der Waals surface area contributed by atoms with E-state index in [0.29, 0.717) is 11.1 Å². The Bertz CT molecular complexity index is 1070. The highest BCUT2D eigenvalue weighted by Crippen LogP contribution is 2.30. The number of hydrogen-bond acceptors (Lipinski definition) is 2. The molecule has 0 aromatic heterocycles. The summed E-state index contributed by atoms with van der Waals surface area (Å²) in [5.41, 5.74) is 10.3. The van der Waals surface area contributed by atoms with Crippen molar-refractivity contribution in [1.29, 1.82) is 0 Å². The van der Waals surface area contributed by atoms with Gasteiger partial charge in [0, 0.05) is 22.5 Å². The smallest absolute Gasteiger partial charge is 0.256 e. The first-order chi connectivity index (χ1) is 15.0. The third-order valence-electron chi connectivity index (χ3n) is 6.52. The molecule has 0 aliphatic heterocycles. The van der Waals surface area contributed by atoms with Gasteiger partial charge in [-0.05, 0) is 99.9 Å². The lowest BCUT2D eigenvalue weighted by atomic mass is 9.88. The zero-order chi connectivity index (χ0) is 23.7. The molecule has 0 radical (unpaired) electrons. The second-order valence-corrected chi connectivity index (χ2v) is 8.69. The topological polar surface area (TPSA) is 58.2 Å². The Kier molecular flexibility index (Phi) is 6.54. The molecule has 0 spiro atoms. The number of anilines is 2. The van der Waals surface area contributed by atoms with E-state index in [1.165, 1.54) is 0 Å². The molecule has 0 saturated heterocycles. The molecule has 0 fully saturated rings. The lowest BCUT2D eigenvalue weighted by Crippen LogP contribution is -2.22. The van der Waals surface area contributed by atoms with Gasteiger partial charge in [0.1, 0.15) is 0 Å². The SMILES string of the molecule is Cc1cccc(C)c1NC(=O)c1c(C)c(C)c(C(=O)Nc2c(C)cccc2C)c(C)c1C. The Balaban J connectivity index is 2.02. The third kappa shape index (κ3) is 4.18. The predicted octanol–water partition coefficient (Wildman–Crippen LogP) is 6.66. The number of nitrogens with one attached hydrogen (secondary N) is 2.